The zero-order chi connectivity index (χ0) is 32.3. The number of halogens is 3. The maximum atomic E-state index is 14.9. The highest BCUT2D eigenvalue weighted by molar-refractivity contribution is 5.85. The fourth-order valence-corrected chi connectivity index (χ4v) is 5.63. The van der Waals surface area contributed by atoms with Gasteiger partial charge < -0.3 is 34.6 Å². The van der Waals surface area contributed by atoms with Crippen LogP contribution < -0.4 is 19.7 Å². The van der Waals surface area contributed by atoms with Gasteiger partial charge in [0.1, 0.15) is 41.6 Å². The van der Waals surface area contributed by atoms with Gasteiger partial charge in [-0.05, 0) is 51.2 Å². The lowest BCUT2D eigenvalue weighted by Crippen LogP contribution is -2.56. The van der Waals surface area contributed by atoms with E-state index < -0.39 is 30.6 Å². The van der Waals surface area contributed by atoms with Crippen LogP contribution in [0.1, 0.15) is 25.8 Å². The molecule has 2 unspecified atom stereocenters. The molecule has 0 spiro atoms. The molecule has 2 saturated heterocycles. The highest BCUT2D eigenvalue weighted by atomic mass is 35.5. The number of aliphatic hydroxyl groups is 1. The molecule has 2 aromatic heterocycles. The molecule has 2 aliphatic rings. The summed E-state index contributed by atoms with van der Waals surface area (Å²) in [6.07, 6.45) is -1.70. The molecule has 246 valence electrons. The number of ether oxygens (including phenoxy) is 2. The molecule has 3 atom stereocenters. The number of pyridine rings is 1. The number of benzene rings is 1. The number of carbonyl (C=O) groups excluding carboxylic acids is 1. The van der Waals surface area contributed by atoms with Gasteiger partial charge in [0.15, 0.2) is 6.10 Å². The van der Waals surface area contributed by atoms with Crippen LogP contribution in [0.4, 0.5) is 26.1 Å². The summed E-state index contributed by atoms with van der Waals surface area (Å²) < 4.78 is 41.0. The van der Waals surface area contributed by atoms with Crippen molar-refractivity contribution in [1.82, 2.24) is 24.8 Å². The van der Waals surface area contributed by atoms with E-state index in [4.69, 9.17) is 9.47 Å². The van der Waals surface area contributed by atoms with Crippen LogP contribution in [-0.4, -0.2) is 107 Å². The molecule has 0 bridgehead atoms. The number of nitrogens with one attached hydrogen (secondary N) is 1. The van der Waals surface area contributed by atoms with Gasteiger partial charge in [-0.3, -0.25) is 4.79 Å². The molecular weight excluding hydrogens is 622 g/mol. The zero-order valence-corrected chi connectivity index (χ0v) is 26.8. The summed E-state index contributed by atoms with van der Waals surface area (Å²) in [4.78, 5) is 30.8. The minimum absolute atomic E-state index is 0. The molecule has 5 rings (SSSR count). The Balaban J connectivity index is 0.00000480. The van der Waals surface area contributed by atoms with Crippen molar-refractivity contribution in [2.45, 2.75) is 44.4 Å². The number of aliphatic hydroxyl groups excluding tert-OH is 1. The number of methoxy groups -OCH3 is 1. The summed E-state index contributed by atoms with van der Waals surface area (Å²) in [6.45, 7) is 5.26. The number of carbonyl (C=O) groups is 1. The number of nitrogens with zero attached hydrogens (tertiary/aromatic N) is 7. The predicted molar refractivity (Wildman–Crippen MR) is 170 cm³/mol. The molecule has 0 aliphatic carbocycles. The number of rotatable bonds is 8. The van der Waals surface area contributed by atoms with Crippen LogP contribution in [0, 0.1) is 11.3 Å². The quantitative estimate of drug-likeness (QED) is 0.366. The number of hydrogen-bond acceptors (Lipinski definition) is 11. The average molecular weight is 659 g/mol. The summed E-state index contributed by atoms with van der Waals surface area (Å²) in [5, 5.41) is 22.5. The van der Waals surface area contributed by atoms with Crippen LogP contribution in [0.3, 0.4) is 0 Å². The second-order valence-electron chi connectivity index (χ2n) is 11.4. The summed E-state index contributed by atoms with van der Waals surface area (Å²) >= 11 is 0. The fraction of sp³-hybridized carbons (Fsp3) is 0.452. The molecule has 1 amide bonds. The van der Waals surface area contributed by atoms with Crippen LogP contribution in [-0.2, 0) is 4.79 Å². The van der Waals surface area contributed by atoms with E-state index in [1.165, 1.54) is 25.4 Å². The molecular formula is C31H37ClF2N8O4. The smallest absolute Gasteiger partial charge is 0.301 e. The summed E-state index contributed by atoms with van der Waals surface area (Å²) in [5.41, 5.74) is 2.01. The number of likely N-dealkylation sites (N-methyl/N-ethyl adjacent to an activating group) is 1. The lowest BCUT2D eigenvalue weighted by molar-refractivity contribution is -0.165. The van der Waals surface area contributed by atoms with Crippen molar-refractivity contribution < 1.29 is 28.2 Å². The van der Waals surface area contributed by atoms with Crippen LogP contribution in [0.25, 0.3) is 11.3 Å². The lowest BCUT2D eigenvalue weighted by atomic mass is 10.0. The number of anilines is 3. The second-order valence-corrected chi connectivity index (χ2v) is 11.4. The third-order valence-electron chi connectivity index (χ3n) is 7.96. The third-order valence-corrected chi connectivity index (χ3v) is 7.96. The number of piperidine rings is 1. The highest BCUT2D eigenvalue weighted by Crippen LogP contribution is 2.35. The molecule has 0 radical (unpaired) electrons. The van der Waals surface area contributed by atoms with E-state index in [1.807, 2.05) is 18.2 Å². The molecule has 1 aromatic carbocycles. The largest absolute Gasteiger partial charge is 0.483 e. The van der Waals surface area contributed by atoms with Gasteiger partial charge in [-0.2, -0.15) is 10.2 Å². The van der Waals surface area contributed by atoms with Crippen molar-refractivity contribution in [3.63, 3.8) is 0 Å². The Kier molecular flexibility index (Phi) is 10.8. The zero-order valence-electron chi connectivity index (χ0n) is 26.0. The van der Waals surface area contributed by atoms with Gasteiger partial charge >= 0.3 is 5.92 Å². The van der Waals surface area contributed by atoms with E-state index in [2.05, 4.69) is 44.0 Å². The van der Waals surface area contributed by atoms with Gasteiger partial charge in [0.25, 0.3) is 5.91 Å². The summed E-state index contributed by atoms with van der Waals surface area (Å²) in [7, 11) is 3.69. The van der Waals surface area contributed by atoms with Crippen molar-refractivity contribution in [3.05, 3.63) is 48.3 Å². The van der Waals surface area contributed by atoms with Crippen LogP contribution in [0.5, 0.6) is 11.6 Å². The number of hydrogen-bond donors (Lipinski definition) is 2. The lowest BCUT2D eigenvalue weighted by Gasteiger charge is -2.40. The molecule has 2 N–H and O–H groups in total. The summed E-state index contributed by atoms with van der Waals surface area (Å²) in [5.74, 6) is -2.68. The molecule has 12 nitrogen and oxygen atoms in total. The van der Waals surface area contributed by atoms with E-state index >= 15 is 0 Å². The topological polar surface area (TPSA) is 140 Å². The van der Waals surface area contributed by atoms with Gasteiger partial charge in [0.2, 0.25) is 5.88 Å². The van der Waals surface area contributed by atoms with E-state index in [0.29, 0.717) is 34.8 Å². The normalized spacial score (nSPS) is 20.2. The molecule has 0 saturated carbocycles. The first kappa shape index (κ1) is 34.6. The van der Waals surface area contributed by atoms with Crippen LogP contribution in [0.15, 0.2) is 42.7 Å². The van der Waals surface area contributed by atoms with E-state index in [-0.39, 0.29) is 36.7 Å². The first-order valence-electron chi connectivity index (χ1n) is 14.6. The Morgan fingerprint density at radius 3 is 2.63 bits per heavy atom. The van der Waals surface area contributed by atoms with E-state index in [1.54, 1.807) is 19.2 Å². The predicted octanol–water partition coefficient (Wildman–Crippen LogP) is 3.72. The van der Waals surface area contributed by atoms with Crippen molar-refractivity contribution in [2.75, 3.05) is 57.1 Å². The Labute approximate surface area is 272 Å². The Morgan fingerprint density at radius 2 is 1.96 bits per heavy atom. The highest BCUT2D eigenvalue weighted by Gasteiger charge is 2.48. The number of amides is 1. The first-order chi connectivity index (χ1) is 21.5. The minimum Gasteiger partial charge on any atom is -0.483 e. The Hall–Kier alpha value is -4.32. The van der Waals surface area contributed by atoms with Gasteiger partial charge in [-0.25, -0.2) is 18.7 Å². The van der Waals surface area contributed by atoms with Crippen molar-refractivity contribution in [1.29, 1.82) is 5.26 Å². The average Bonchev–Trinajstić information content (AvgIpc) is 3.02. The van der Waals surface area contributed by atoms with Crippen molar-refractivity contribution in [3.8, 4) is 29.0 Å². The Morgan fingerprint density at radius 1 is 1.17 bits per heavy atom. The van der Waals surface area contributed by atoms with Crippen molar-refractivity contribution >= 4 is 35.6 Å². The van der Waals surface area contributed by atoms with Crippen molar-refractivity contribution in [2.24, 2.45) is 0 Å². The SMILES string of the molecule is COc1nc(Nc2cc(-c3ccc(OC4CCN(C(=O)C(C)O)CC4(F)F)c(C#N)c3)ncn2)ccc1N1CCN(C)C[C@H]1C.Cl. The van der Waals surface area contributed by atoms with Gasteiger partial charge in [-0.1, -0.05) is 0 Å². The molecule has 46 heavy (non-hydrogen) atoms. The van der Waals surface area contributed by atoms with Gasteiger partial charge in [-0.15, -0.1) is 12.4 Å². The second kappa shape index (κ2) is 14.4. The number of aromatic nitrogens is 3. The molecule has 2 aliphatic heterocycles. The summed E-state index contributed by atoms with van der Waals surface area (Å²) in [6, 6.07) is 12.4. The Bertz CT molecular complexity index is 1590. The third kappa shape index (κ3) is 7.55. The number of nitriles is 1. The monoisotopic (exact) mass is 658 g/mol. The standard InChI is InChI=1S/C31H36F2N8O4.ClH/c1-19-16-39(3)11-12-41(19)24-6-8-27(38-29(24)44-4)37-28-14-23(35-18-36-28)21-5-7-25(22(13-21)15-34)45-26-9-10-40(17-31(26,32)33)30(43)20(2)42;/h5-8,13-14,18-20,26,42H,9-12,16-17H2,1-4H3,(H,35,36,37,38);1H/t19-,20?,26?;/m1./s1. The molecule has 4 heterocycles. The minimum atomic E-state index is -3.38. The van der Waals surface area contributed by atoms with Crippen LogP contribution >= 0.6 is 12.4 Å². The van der Waals surface area contributed by atoms with E-state index in [9.17, 15) is 23.9 Å². The van der Waals surface area contributed by atoms with E-state index in [0.717, 1.165) is 30.2 Å². The van der Waals surface area contributed by atoms with Crippen LogP contribution in [0.2, 0.25) is 0 Å². The molecule has 3 aromatic rings. The molecule has 2 fully saturated rings. The number of piperazine rings is 1. The fourth-order valence-electron chi connectivity index (χ4n) is 5.63. The maximum Gasteiger partial charge on any atom is 0.301 e. The molecule has 15 heteroatoms. The number of likely N-dealkylation sites (tertiary alicyclic amines) is 1. The van der Waals surface area contributed by atoms with Gasteiger partial charge in [0, 0.05) is 50.3 Å². The van der Waals surface area contributed by atoms with Gasteiger partial charge in [0.05, 0.1) is 24.9 Å². The first-order valence-corrected chi connectivity index (χ1v) is 14.6. The maximum absolute atomic E-state index is 14.9. The number of alkyl halides is 2.